The van der Waals surface area contributed by atoms with Gasteiger partial charge in [-0.2, -0.15) is 0 Å². The lowest BCUT2D eigenvalue weighted by Crippen LogP contribution is -2.24. The summed E-state index contributed by atoms with van der Waals surface area (Å²) in [4.78, 5) is 15.7. The Morgan fingerprint density at radius 2 is 2.21 bits per heavy atom. The number of hydrogen-bond acceptors (Lipinski definition) is 3. The first kappa shape index (κ1) is 13.3. The van der Waals surface area contributed by atoms with Gasteiger partial charge >= 0.3 is 0 Å². The number of carbonyl (C=O) groups is 1. The first-order valence-electron chi connectivity index (χ1n) is 5.50. The van der Waals surface area contributed by atoms with E-state index in [4.69, 9.17) is 17.3 Å². The third-order valence-corrected chi connectivity index (χ3v) is 2.69. The number of nitrogens with two attached hydrogens (primary N) is 1. The van der Waals surface area contributed by atoms with Crippen LogP contribution in [0.2, 0.25) is 5.15 Å². The van der Waals surface area contributed by atoms with Gasteiger partial charge in [0, 0.05) is 6.54 Å². The Hall–Kier alpha value is -2.14. The van der Waals surface area contributed by atoms with Crippen molar-refractivity contribution in [2.45, 2.75) is 6.54 Å². The summed E-state index contributed by atoms with van der Waals surface area (Å²) in [5, 5.41) is 2.82. The molecule has 3 N–H and O–H groups in total. The van der Waals surface area contributed by atoms with E-state index < -0.39 is 0 Å². The number of nitrogen functional groups attached to an aromatic ring is 1. The van der Waals surface area contributed by atoms with Gasteiger partial charge < -0.3 is 11.1 Å². The second-order valence-electron chi connectivity index (χ2n) is 3.91. The predicted molar refractivity (Wildman–Crippen MR) is 71.2 cm³/mol. The van der Waals surface area contributed by atoms with E-state index in [0.717, 1.165) is 0 Å². The second-order valence-corrected chi connectivity index (χ2v) is 4.29. The van der Waals surface area contributed by atoms with Crippen molar-refractivity contribution in [2.75, 3.05) is 5.73 Å². The number of rotatable bonds is 3. The maximum atomic E-state index is 13.0. The number of nitrogens with one attached hydrogen (secondary N) is 1. The number of amides is 1. The van der Waals surface area contributed by atoms with Gasteiger partial charge in [-0.25, -0.2) is 9.37 Å². The Morgan fingerprint density at radius 1 is 1.42 bits per heavy atom. The van der Waals surface area contributed by atoms with E-state index in [2.05, 4.69) is 10.3 Å². The highest BCUT2D eigenvalue weighted by Gasteiger charge is 2.10. The van der Waals surface area contributed by atoms with Crippen molar-refractivity contribution in [1.29, 1.82) is 0 Å². The van der Waals surface area contributed by atoms with E-state index >= 15 is 0 Å². The molecule has 0 saturated carbocycles. The first-order chi connectivity index (χ1) is 9.06. The van der Waals surface area contributed by atoms with Crippen molar-refractivity contribution in [2.24, 2.45) is 0 Å². The average Bonchev–Trinajstić information content (AvgIpc) is 2.39. The Bertz CT molecular complexity index is 619. The van der Waals surface area contributed by atoms with Crippen LogP contribution < -0.4 is 11.1 Å². The van der Waals surface area contributed by atoms with Gasteiger partial charge in [-0.1, -0.05) is 23.7 Å². The Morgan fingerprint density at radius 3 is 2.95 bits per heavy atom. The molecular formula is C13H11ClFN3O. The van der Waals surface area contributed by atoms with E-state index in [0.29, 0.717) is 5.56 Å². The third kappa shape index (κ3) is 3.42. The van der Waals surface area contributed by atoms with E-state index in [1.54, 1.807) is 12.1 Å². The highest BCUT2D eigenvalue weighted by molar-refractivity contribution is 6.29. The van der Waals surface area contributed by atoms with Gasteiger partial charge in [-0.05, 0) is 23.8 Å². The molecule has 4 nitrogen and oxygen atoms in total. The van der Waals surface area contributed by atoms with Crippen LogP contribution in [0.5, 0.6) is 0 Å². The van der Waals surface area contributed by atoms with E-state index in [1.165, 1.54) is 24.4 Å². The van der Waals surface area contributed by atoms with Gasteiger partial charge in [0.25, 0.3) is 5.91 Å². The molecule has 1 aromatic carbocycles. The Labute approximate surface area is 114 Å². The molecule has 1 aromatic heterocycles. The molecule has 0 aliphatic carbocycles. The Kier molecular flexibility index (Phi) is 3.97. The summed E-state index contributed by atoms with van der Waals surface area (Å²) in [6, 6.07) is 7.37. The van der Waals surface area contributed by atoms with Gasteiger partial charge in [0.1, 0.15) is 11.0 Å². The van der Waals surface area contributed by atoms with E-state index in [9.17, 15) is 9.18 Å². The second kappa shape index (κ2) is 5.67. The molecule has 1 amide bonds. The van der Waals surface area contributed by atoms with Crippen LogP contribution in [-0.2, 0) is 6.54 Å². The van der Waals surface area contributed by atoms with Crippen molar-refractivity contribution >= 4 is 23.2 Å². The minimum atomic E-state index is -0.383. The molecule has 19 heavy (non-hydrogen) atoms. The summed E-state index contributed by atoms with van der Waals surface area (Å²) < 4.78 is 13.0. The van der Waals surface area contributed by atoms with Gasteiger partial charge in [-0.15, -0.1) is 0 Å². The molecule has 0 spiro atoms. The monoisotopic (exact) mass is 279 g/mol. The van der Waals surface area contributed by atoms with Crippen LogP contribution in [0.15, 0.2) is 36.5 Å². The van der Waals surface area contributed by atoms with Gasteiger partial charge in [0.05, 0.1) is 17.4 Å². The van der Waals surface area contributed by atoms with Gasteiger partial charge in [0.2, 0.25) is 0 Å². The van der Waals surface area contributed by atoms with Crippen LogP contribution in [0, 0.1) is 5.82 Å². The number of benzene rings is 1. The fraction of sp³-hybridized carbons (Fsp3) is 0.0769. The lowest BCUT2D eigenvalue weighted by molar-refractivity contribution is 0.0951. The fourth-order valence-corrected chi connectivity index (χ4v) is 1.72. The van der Waals surface area contributed by atoms with E-state index in [1.807, 2.05) is 0 Å². The highest BCUT2D eigenvalue weighted by atomic mass is 35.5. The minimum Gasteiger partial charge on any atom is -0.397 e. The SMILES string of the molecule is Nc1cnc(Cl)cc1C(=O)NCc1cccc(F)c1. The van der Waals surface area contributed by atoms with Crippen molar-refractivity contribution in [3.8, 4) is 0 Å². The van der Waals surface area contributed by atoms with Crippen LogP contribution in [0.25, 0.3) is 0 Å². The first-order valence-corrected chi connectivity index (χ1v) is 5.88. The molecule has 0 bridgehead atoms. The van der Waals surface area contributed by atoms with Crippen molar-refractivity contribution in [3.05, 3.63) is 58.6 Å². The summed E-state index contributed by atoms with van der Waals surface area (Å²) in [7, 11) is 0. The summed E-state index contributed by atoms with van der Waals surface area (Å²) in [5.74, 6) is -0.732. The number of halogens is 2. The molecule has 1 heterocycles. The number of carbonyl (C=O) groups excluding carboxylic acids is 1. The molecule has 2 rings (SSSR count). The molecule has 0 aliphatic heterocycles. The van der Waals surface area contributed by atoms with Crippen molar-refractivity contribution < 1.29 is 9.18 Å². The zero-order chi connectivity index (χ0) is 13.8. The number of aromatic nitrogens is 1. The van der Waals surface area contributed by atoms with Crippen molar-refractivity contribution in [3.63, 3.8) is 0 Å². The lowest BCUT2D eigenvalue weighted by atomic mass is 10.2. The zero-order valence-corrected chi connectivity index (χ0v) is 10.6. The Balaban J connectivity index is 2.07. The number of anilines is 1. The summed E-state index contributed by atoms with van der Waals surface area (Å²) >= 11 is 5.70. The molecule has 0 radical (unpaired) electrons. The molecule has 0 aliphatic rings. The number of hydrogen-bond donors (Lipinski definition) is 2. The van der Waals surface area contributed by atoms with Crippen molar-refractivity contribution in [1.82, 2.24) is 10.3 Å². The summed E-state index contributed by atoms with van der Waals surface area (Å²) in [5.41, 5.74) is 6.78. The summed E-state index contributed by atoms with van der Waals surface area (Å²) in [6.45, 7) is 0.204. The third-order valence-electron chi connectivity index (χ3n) is 2.49. The highest BCUT2D eigenvalue weighted by Crippen LogP contribution is 2.15. The molecule has 0 fully saturated rings. The van der Waals surface area contributed by atoms with Gasteiger partial charge in [0.15, 0.2) is 0 Å². The zero-order valence-electron chi connectivity index (χ0n) is 9.86. The molecule has 0 unspecified atom stereocenters. The smallest absolute Gasteiger partial charge is 0.253 e. The minimum absolute atomic E-state index is 0.185. The molecular weight excluding hydrogens is 269 g/mol. The quantitative estimate of drug-likeness (QED) is 0.848. The van der Waals surface area contributed by atoms with E-state index in [-0.39, 0.29) is 34.7 Å². The fourth-order valence-electron chi connectivity index (χ4n) is 1.56. The molecule has 0 saturated heterocycles. The standard InChI is InChI=1S/C13H11ClFN3O/c14-12-5-10(11(16)7-17-12)13(19)18-6-8-2-1-3-9(15)4-8/h1-5,7H,6,16H2,(H,18,19). The topological polar surface area (TPSA) is 68.0 Å². The van der Waals surface area contributed by atoms with Gasteiger partial charge in [-0.3, -0.25) is 4.79 Å². The van der Waals surface area contributed by atoms with Crippen LogP contribution in [0.1, 0.15) is 15.9 Å². The molecule has 6 heteroatoms. The average molecular weight is 280 g/mol. The molecule has 0 atom stereocenters. The maximum Gasteiger partial charge on any atom is 0.253 e. The maximum absolute atomic E-state index is 13.0. The lowest BCUT2D eigenvalue weighted by Gasteiger charge is -2.07. The summed E-state index contributed by atoms with van der Waals surface area (Å²) in [6.07, 6.45) is 1.32. The van der Waals surface area contributed by atoms with Crippen LogP contribution >= 0.6 is 11.6 Å². The van der Waals surface area contributed by atoms with Crippen LogP contribution in [0.3, 0.4) is 0 Å². The normalized spacial score (nSPS) is 10.2. The van der Waals surface area contributed by atoms with Crippen LogP contribution in [-0.4, -0.2) is 10.9 Å². The number of pyridine rings is 1. The number of nitrogens with zero attached hydrogens (tertiary/aromatic N) is 1. The molecule has 2 aromatic rings. The largest absolute Gasteiger partial charge is 0.397 e. The molecule has 98 valence electrons. The predicted octanol–water partition coefficient (Wildman–Crippen LogP) is 2.39. The van der Waals surface area contributed by atoms with Crippen LogP contribution in [0.4, 0.5) is 10.1 Å².